The second-order valence-electron chi connectivity index (χ2n) is 8.94. The van der Waals surface area contributed by atoms with Crippen molar-refractivity contribution in [1.29, 1.82) is 0 Å². The molecule has 12 heteroatoms. The van der Waals surface area contributed by atoms with Crippen molar-refractivity contribution in [3.63, 3.8) is 0 Å². The van der Waals surface area contributed by atoms with Crippen molar-refractivity contribution in [2.75, 3.05) is 36.5 Å². The van der Waals surface area contributed by atoms with Gasteiger partial charge in [0.25, 0.3) is 11.8 Å². The second kappa shape index (κ2) is 9.61. The molecule has 2 aliphatic rings. The highest BCUT2D eigenvalue weighted by Crippen LogP contribution is 2.39. The van der Waals surface area contributed by atoms with Gasteiger partial charge in [0, 0.05) is 49.1 Å². The number of hydrogen-bond donors (Lipinski definition) is 2. The molecule has 0 unspecified atom stereocenters. The number of amidine groups is 1. The van der Waals surface area contributed by atoms with Gasteiger partial charge in [0.1, 0.15) is 0 Å². The first-order valence-electron chi connectivity index (χ1n) is 11.6. The lowest BCUT2D eigenvalue weighted by molar-refractivity contribution is -0.0847. The molecule has 1 saturated heterocycles. The van der Waals surface area contributed by atoms with Gasteiger partial charge in [-0.2, -0.15) is 15.3 Å². The van der Waals surface area contributed by atoms with Crippen molar-refractivity contribution in [3.8, 4) is 0 Å². The zero-order chi connectivity index (χ0) is 25.3. The van der Waals surface area contributed by atoms with E-state index in [-0.39, 0.29) is 24.6 Å². The van der Waals surface area contributed by atoms with Gasteiger partial charge in [0.2, 0.25) is 0 Å². The molecule has 0 atom stereocenters. The second-order valence-corrected chi connectivity index (χ2v) is 8.94. The first-order valence-corrected chi connectivity index (χ1v) is 11.6. The van der Waals surface area contributed by atoms with Crippen LogP contribution in [0, 0.1) is 6.92 Å². The molecule has 1 amide bonds. The van der Waals surface area contributed by atoms with Crippen molar-refractivity contribution in [1.82, 2.24) is 9.61 Å². The summed E-state index contributed by atoms with van der Waals surface area (Å²) < 4.78 is 33.2. The van der Waals surface area contributed by atoms with E-state index >= 15 is 0 Å². The van der Waals surface area contributed by atoms with E-state index in [4.69, 9.17) is 10.6 Å². The number of amides is 1. The maximum Gasteiger partial charge on any atom is 0.259 e. The van der Waals surface area contributed by atoms with Crippen LogP contribution in [0.5, 0.6) is 0 Å². The van der Waals surface area contributed by atoms with Gasteiger partial charge >= 0.3 is 0 Å². The molecule has 2 fully saturated rings. The summed E-state index contributed by atoms with van der Waals surface area (Å²) in [5.41, 5.74) is 3.95. The van der Waals surface area contributed by atoms with E-state index in [1.165, 1.54) is 6.20 Å². The first kappa shape index (κ1) is 23.8. The standard InChI is InChI=1S/C24H26F2N8O2/c1-15-2-3-16(22(30-27)32-31-17-12-24(25,26)13-17)10-20(15)29-23(35)19-14-28-34-5-4-18(11-21(19)34)33-6-8-36-9-7-33/h2-5,10-11,14,17H,6-9,12-13,27H2,1H3,(H,29,35)/b30-22-,32-31?. The van der Waals surface area contributed by atoms with Gasteiger partial charge in [-0.25, -0.2) is 13.3 Å². The van der Waals surface area contributed by atoms with Gasteiger partial charge in [-0.1, -0.05) is 12.1 Å². The van der Waals surface area contributed by atoms with Crippen LogP contribution in [-0.2, 0) is 4.74 Å². The van der Waals surface area contributed by atoms with Crippen molar-refractivity contribution in [3.05, 3.63) is 59.4 Å². The largest absolute Gasteiger partial charge is 0.378 e. The number of pyridine rings is 1. The summed E-state index contributed by atoms with van der Waals surface area (Å²) in [5, 5.41) is 18.8. The van der Waals surface area contributed by atoms with Gasteiger partial charge < -0.3 is 20.8 Å². The number of aromatic nitrogens is 2. The Hall–Kier alpha value is -3.93. The molecule has 36 heavy (non-hydrogen) atoms. The zero-order valence-corrected chi connectivity index (χ0v) is 19.7. The van der Waals surface area contributed by atoms with Crippen LogP contribution in [0.3, 0.4) is 0 Å². The molecular weight excluding hydrogens is 470 g/mol. The number of carbonyl (C=O) groups excluding carboxylic acids is 1. The number of nitrogens with zero attached hydrogens (tertiary/aromatic N) is 6. The Labute approximate surface area is 205 Å². The van der Waals surface area contributed by atoms with Gasteiger partial charge in [-0.05, 0) is 30.7 Å². The van der Waals surface area contributed by atoms with E-state index in [1.54, 1.807) is 22.7 Å². The number of ether oxygens (including phenoxy) is 1. The maximum absolute atomic E-state index is 13.2. The molecule has 3 aromatic rings. The Balaban J connectivity index is 1.35. The van der Waals surface area contributed by atoms with E-state index in [2.05, 4.69) is 30.6 Å². The topological polar surface area (TPSA) is 122 Å². The molecule has 0 radical (unpaired) electrons. The summed E-state index contributed by atoms with van der Waals surface area (Å²) in [7, 11) is 0. The summed E-state index contributed by atoms with van der Waals surface area (Å²) in [4.78, 5) is 15.4. The summed E-state index contributed by atoms with van der Waals surface area (Å²) in [6, 6.07) is 8.55. The molecule has 0 spiro atoms. The van der Waals surface area contributed by atoms with Crippen LogP contribution in [0.4, 0.5) is 20.2 Å². The third kappa shape index (κ3) is 4.89. The van der Waals surface area contributed by atoms with Crippen molar-refractivity contribution < 1.29 is 18.3 Å². The highest BCUT2D eigenvalue weighted by molar-refractivity contribution is 6.10. The van der Waals surface area contributed by atoms with Crippen molar-refractivity contribution in [2.45, 2.75) is 31.7 Å². The zero-order valence-electron chi connectivity index (χ0n) is 19.7. The number of azo groups is 1. The average molecular weight is 497 g/mol. The van der Waals surface area contributed by atoms with Gasteiger partial charge in [0.05, 0.1) is 36.5 Å². The maximum atomic E-state index is 13.2. The molecule has 0 bridgehead atoms. The van der Waals surface area contributed by atoms with Crippen molar-refractivity contribution in [2.24, 2.45) is 21.2 Å². The summed E-state index contributed by atoms with van der Waals surface area (Å²) in [6.45, 7) is 4.73. The number of nitrogens with one attached hydrogen (secondary N) is 1. The SMILES string of the molecule is Cc1ccc(/C(N=NC2CC(F)(F)C2)=N/N)cc1NC(=O)c1cnn2ccc(N3CCOCC3)cc12. The summed E-state index contributed by atoms with van der Waals surface area (Å²) in [5.74, 6) is 2.56. The highest BCUT2D eigenvalue weighted by Gasteiger charge is 2.45. The number of alkyl halides is 2. The van der Waals surface area contributed by atoms with Crippen LogP contribution in [0.1, 0.15) is 34.3 Å². The minimum atomic E-state index is -2.69. The number of fused-ring (bicyclic) bond motifs is 1. The molecule has 188 valence electrons. The van der Waals surface area contributed by atoms with Crippen LogP contribution in [-0.4, -0.2) is 59.6 Å². The number of aryl methyl sites for hydroxylation is 1. The highest BCUT2D eigenvalue weighted by atomic mass is 19.3. The molecule has 2 aromatic heterocycles. The minimum Gasteiger partial charge on any atom is -0.378 e. The molecule has 1 aromatic carbocycles. The third-order valence-electron chi connectivity index (χ3n) is 6.38. The molecule has 1 aliphatic carbocycles. The number of benzene rings is 1. The lowest BCUT2D eigenvalue weighted by Gasteiger charge is -2.30. The summed E-state index contributed by atoms with van der Waals surface area (Å²) >= 11 is 0. The fourth-order valence-electron chi connectivity index (χ4n) is 4.25. The Kier molecular flexibility index (Phi) is 6.35. The Morgan fingerprint density at radius 1 is 1.22 bits per heavy atom. The molecular formula is C24H26F2N8O2. The van der Waals surface area contributed by atoms with Crippen LogP contribution in [0.2, 0.25) is 0 Å². The van der Waals surface area contributed by atoms with E-state index < -0.39 is 12.0 Å². The fourth-order valence-corrected chi connectivity index (χ4v) is 4.25. The molecule has 1 saturated carbocycles. The average Bonchev–Trinajstić information content (AvgIpc) is 3.29. The van der Waals surface area contributed by atoms with Crippen LogP contribution in [0.25, 0.3) is 5.52 Å². The van der Waals surface area contributed by atoms with E-state index in [0.29, 0.717) is 35.5 Å². The predicted molar refractivity (Wildman–Crippen MR) is 131 cm³/mol. The smallest absolute Gasteiger partial charge is 0.259 e. The predicted octanol–water partition coefficient (Wildman–Crippen LogP) is 3.60. The number of nitrogens with two attached hydrogens (primary N) is 1. The van der Waals surface area contributed by atoms with Gasteiger partial charge in [-0.15, -0.1) is 5.11 Å². The fraction of sp³-hybridized carbons (Fsp3) is 0.375. The number of morpholine rings is 1. The molecule has 3 heterocycles. The van der Waals surface area contributed by atoms with Gasteiger partial charge in [-0.3, -0.25) is 4.79 Å². The van der Waals surface area contributed by atoms with Gasteiger partial charge in [0.15, 0.2) is 5.84 Å². The normalized spacial score (nSPS) is 18.5. The Bertz CT molecular complexity index is 1340. The lowest BCUT2D eigenvalue weighted by atomic mass is 9.89. The Morgan fingerprint density at radius 2 is 2.00 bits per heavy atom. The first-order chi connectivity index (χ1) is 17.3. The Morgan fingerprint density at radius 3 is 2.72 bits per heavy atom. The molecule has 3 N–H and O–H groups in total. The van der Waals surface area contributed by atoms with Crippen LogP contribution < -0.4 is 16.1 Å². The van der Waals surface area contributed by atoms with Crippen molar-refractivity contribution >= 4 is 28.6 Å². The number of rotatable bonds is 5. The number of halogens is 2. The lowest BCUT2D eigenvalue weighted by Crippen LogP contribution is -2.38. The van der Waals surface area contributed by atoms with E-state index in [9.17, 15) is 13.6 Å². The monoisotopic (exact) mass is 496 g/mol. The van der Waals surface area contributed by atoms with Crippen LogP contribution >= 0.6 is 0 Å². The number of hydrogen-bond acceptors (Lipinski definition) is 7. The van der Waals surface area contributed by atoms with E-state index in [1.807, 2.05) is 25.3 Å². The molecule has 10 nitrogen and oxygen atoms in total. The van der Waals surface area contributed by atoms with E-state index in [0.717, 1.165) is 24.3 Å². The summed E-state index contributed by atoms with van der Waals surface area (Å²) in [6.07, 6.45) is 2.69. The third-order valence-corrected chi connectivity index (χ3v) is 6.38. The molecule has 1 aliphatic heterocycles. The molecule has 5 rings (SSSR count). The van der Waals surface area contributed by atoms with Crippen LogP contribution in [0.15, 0.2) is 58.1 Å². The number of hydrazone groups is 1. The number of anilines is 2. The number of carbonyl (C=O) groups is 1. The quantitative estimate of drug-likeness (QED) is 0.184. The minimum absolute atomic E-state index is 0.0897.